The van der Waals surface area contributed by atoms with E-state index in [9.17, 15) is 4.39 Å². The normalized spacial score (nSPS) is 11.0. The van der Waals surface area contributed by atoms with Crippen molar-refractivity contribution in [2.75, 3.05) is 5.73 Å². The van der Waals surface area contributed by atoms with E-state index in [0.29, 0.717) is 11.5 Å². The fraction of sp³-hybridized carbons (Fsp3) is 0.0833. The molecule has 3 aromatic heterocycles. The van der Waals surface area contributed by atoms with Crippen molar-refractivity contribution in [1.29, 1.82) is 0 Å². The van der Waals surface area contributed by atoms with Crippen LogP contribution in [0.3, 0.4) is 0 Å². The molecule has 0 fully saturated rings. The molecule has 0 bridgehead atoms. The number of nitrogens with two attached hydrogens (primary N) is 1. The highest BCUT2D eigenvalue weighted by atomic mass is 19.1. The van der Waals surface area contributed by atoms with Gasteiger partial charge in [-0.25, -0.2) is 19.3 Å². The maximum absolute atomic E-state index is 13.4. The third-order valence-corrected chi connectivity index (χ3v) is 2.64. The number of imidazole rings is 1. The quantitative estimate of drug-likeness (QED) is 0.707. The molecule has 0 atom stereocenters. The number of nitrogen functional groups attached to an aromatic ring is 1. The van der Waals surface area contributed by atoms with E-state index in [-0.39, 0.29) is 11.5 Å². The Morgan fingerprint density at radius 2 is 2.06 bits per heavy atom. The molecule has 0 saturated carbocycles. The highest BCUT2D eigenvalue weighted by Crippen LogP contribution is 2.19. The van der Waals surface area contributed by atoms with Crippen molar-refractivity contribution in [3.05, 3.63) is 42.1 Å². The van der Waals surface area contributed by atoms with Crippen molar-refractivity contribution in [3.63, 3.8) is 0 Å². The van der Waals surface area contributed by atoms with Gasteiger partial charge >= 0.3 is 0 Å². The molecule has 0 aromatic carbocycles. The molecule has 0 unspecified atom stereocenters. The third kappa shape index (κ3) is 1.58. The first-order valence-corrected chi connectivity index (χ1v) is 5.39. The lowest BCUT2D eigenvalue weighted by molar-refractivity contribution is 0.608. The molecule has 0 radical (unpaired) electrons. The highest BCUT2D eigenvalue weighted by Gasteiger charge is 2.12. The van der Waals surface area contributed by atoms with Gasteiger partial charge in [0.05, 0.1) is 5.69 Å². The number of anilines is 1. The molecule has 0 spiro atoms. The Morgan fingerprint density at radius 3 is 2.78 bits per heavy atom. The largest absolute Gasteiger partial charge is 0.381 e. The number of hydrogen-bond acceptors (Lipinski definition) is 4. The number of halogens is 1. The lowest BCUT2D eigenvalue weighted by atomic mass is 10.3. The Bertz CT molecular complexity index is 678. The van der Waals surface area contributed by atoms with E-state index in [0.717, 1.165) is 5.65 Å². The zero-order valence-corrected chi connectivity index (χ0v) is 9.63. The number of aryl methyl sites for hydroxylation is 1. The van der Waals surface area contributed by atoms with Crippen molar-refractivity contribution in [1.82, 2.24) is 19.4 Å². The molecule has 0 saturated heterocycles. The topological polar surface area (TPSA) is 69.1 Å². The fourth-order valence-corrected chi connectivity index (χ4v) is 1.74. The summed E-state index contributed by atoms with van der Waals surface area (Å²) in [5.74, 6) is -0.410. The first kappa shape index (κ1) is 10.6. The van der Waals surface area contributed by atoms with Gasteiger partial charge in [0.25, 0.3) is 0 Å². The maximum Gasteiger partial charge on any atom is 0.186 e. The van der Waals surface area contributed by atoms with Gasteiger partial charge in [-0.3, -0.25) is 0 Å². The number of pyridine rings is 1. The smallest absolute Gasteiger partial charge is 0.186 e. The van der Waals surface area contributed by atoms with Crippen molar-refractivity contribution in [2.45, 2.75) is 6.92 Å². The third-order valence-electron chi connectivity index (χ3n) is 2.64. The molecule has 2 N–H and O–H groups in total. The van der Waals surface area contributed by atoms with Crippen LogP contribution in [0.4, 0.5) is 10.2 Å². The summed E-state index contributed by atoms with van der Waals surface area (Å²) in [6, 6.07) is 5.64. The van der Waals surface area contributed by atoms with E-state index >= 15 is 0 Å². The predicted octanol–water partition coefficient (Wildman–Crippen LogP) is 1.82. The molecule has 0 amide bonds. The number of aromatic nitrogens is 4. The summed E-state index contributed by atoms with van der Waals surface area (Å²) in [5, 5.41) is 0. The van der Waals surface area contributed by atoms with Gasteiger partial charge in [0.15, 0.2) is 17.5 Å². The molecule has 18 heavy (non-hydrogen) atoms. The van der Waals surface area contributed by atoms with E-state index < -0.39 is 5.82 Å². The van der Waals surface area contributed by atoms with Crippen LogP contribution in [0.5, 0.6) is 0 Å². The van der Waals surface area contributed by atoms with Gasteiger partial charge in [0, 0.05) is 12.4 Å². The van der Waals surface area contributed by atoms with Crippen LogP contribution in [0.2, 0.25) is 0 Å². The van der Waals surface area contributed by atoms with Crippen LogP contribution in [0.25, 0.3) is 17.2 Å². The van der Waals surface area contributed by atoms with Gasteiger partial charge in [-0.1, -0.05) is 6.07 Å². The van der Waals surface area contributed by atoms with Gasteiger partial charge < -0.3 is 10.1 Å². The van der Waals surface area contributed by atoms with E-state index in [1.54, 1.807) is 13.1 Å². The molecule has 0 aliphatic heterocycles. The second-order valence-corrected chi connectivity index (χ2v) is 3.92. The monoisotopic (exact) mass is 243 g/mol. The molecule has 3 rings (SSSR count). The van der Waals surface area contributed by atoms with Crippen molar-refractivity contribution < 1.29 is 4.39 Å². The standard InChI is InChI=1S/C12H10FN5/c1-7-10(13)11(14)17-12(15-7)8-6-18-5-3-2-4-9(18)16-8/h2-6H,1H3,(H2,14,15,17). The van der Waals surface area contributed by atoms with Crippen LogP contribution in [0.1, 0.15) is 5.69 Å². The van der Waals surface area contributed by atoms with Crippen molar-refractivity contribution >= 4 is 11.5 Å². The van der Waals surface area contributed by atoms with E-state index in [2.05, 4.69) is 15.0 Å². The predicted molar refractivity (Wildman–Crippen MR) is 65.3 cm³/mol. The van der Waals surface area contributed by atoms with Crippen LogP contribution in [0, 0.1) is 12.7 Å². The van der Waals surface area contributed by atoms with Crippen LogP contribution >= 0.6 is 0 Å². The highest BCUT2D eigenvalue weighted by molar-refractivity contribution is 5.57. The van der Waals surface area contributed by atoms with Gasteiger partial charge in [-0.2, -0.15) is 0 Å². The summed E-state index contributed by atoms with van der Waals surface area (Å²) < 4.78 is 15.2. The number of rotatable bonds is 1. The SMILES string of the molecule is Cc1nc(-c2cn3ccccc3n2)nc(N)c1F. The molecule has 90 valence electrons. The maximum atomic E-state index is 13.4. The summed E-state index contributed by atoms with van der Waals surface area (Å²) in [6.45, 7) is 1.55. The van der Waals surface area contributed by atoms with E-state index in [1.807, 2.05) is 28.8 Å². The Hall–Kier alpha value is -2.50. The zero-order chi connectivity index (χ0) is 12.7. The molecule has 0 aliphatic rings. The second kappa shape index (κ2) is 3.76. The summed E-state index contributed by atoms with van der Waals surface area (Å²) >= 11 is 0. The second-order valence-electron chi connectivity index (χ2n) is 3.92. The van der Waals surface area contributed by atoms with Crippen molar-refractivity contribution in [3.8, 4) is 11.5 Å². The molecule has 6 heteroatoms. The Balaban J connectivity index is 2.20. The number of fused-ring (bicyclic) bond motifs is 1. The minimum absolute atomic E-state index is 0.158. The molecule has 5 nitrogen and oxygen atoms in total. The molecular weight excluding hydrogens is 233 g/mol. The lowest BCUT2D eigenvalue weighted by Gasteiger charge is -2.01. The van der Waals surface area contributed by atoms with Crippen LogP contribution in [-0.4, -0.2) is 19.4 Å². The molecule has 3 aromatic rings. The Kier molecular flexibility index (Phi) is 2.22. The lowest BCUT2D eigenvalue weighted by Crippen LogP contribution is -2.03. The van der Waals surface area contributed by atoms with E-state index in [1.165, 1.54) is 0 Å². The Morgan fingerprint density at radius 1 is 1.22 bits per heavy atom. The summed E-state index contributed by atoms with van der Waals surface area (Å²) in [6.07, 6.45) is 3.65. The van der Waals surface area contributed by atoms with Gasteiger partial charge in [0.1, 0.15) is 11.3 Å². The number of nitrogens with zero attached hydrogens (tertiary/aromatic N) is 4. The minimum Gasteiger partial charge on any atom is -0.381 e. The molecular formula is C12H10FN5. The van der Waals surface area contributed by atoms with Gasteiger partial charge in [0.2, 0.25) is 0 Å². The van der Waals surface area contributed by atoms with Crippen LogP contribution in [0.15, 0.2) is 30.6 Å². The fourth-order valence-electron chi connectivity index (χ4n) is 1.74. The average Bonchev–Trinajstić information content (AvgIpc) is 2.79. The number of hydrogen-bond donors (Lipinski definition) is 1. The summed E-state index contributed by atoms with van der Waals surface area (Å²) in [4.78, 5) is 12.3. The summed E-state index contributed by atoms with van der Waals surface area (Å²) in [5.41, 5.74) is 7.05. The first-order valence-electron chi connectivity index (χ1n) is 5.39. The summed E-state index contributed by atoms with van der Waals surface area (Å²) in [7, 11) is 0. The van der Waals surface area contributed by atoms with E-state index in [4.69, 9.17) is 5.73 Å². The Labute approximate surface area is 102 Å². The zero-order valence-electron chi connectivity index (χ0n) is 9.63. The molecule has 0 aliphatic carbocycles. The van der Waals surface area contributed by atoms with Crippen LogP contribution < -0.4 is 5.73 Å². The first-order chi connectivity index (χ1) is 8.65. The van der Waals surface area contributed by atoms with Gasteiger partial charge in [-0.15, -0.1) is 0 Å². The van der Waals surface area contributed by atoms with Crippen molar-refractivity contribution in [2.24, 2.45) is 0 Å². The average molecular weight is 243 g/mol. The van der Waals surface area contributed by atoms with Crippen LogP contribution in [-0.2, 0) is 0 Å². The minimum atomic E-state index is -0.581. The molecule has 3 heterocycles. The van der Waals surface area contributed by atoms with Gasteiger partial charge in [-0.05, 0) is 19.1 Å².